The number of rotatable bonds is 2. The van der Waals surface area contributed by atoms with Crippen LogP contribution in [0.2, 0.25) is 0 Å². The second kappa shape index (κ2) is 4.69. The molecule has 0 amide bonds. The second-order valence-electron chi connectivity index (χ2n) is 6.12. The van der Waals surface area contributed by atoms with Gasteiger partial charge in [-0.15, -0.1) is 0 Å². The molecule has 3 unspecified atom stereocenters. The predicted octanol–water partition coefficient (Wildman–Crippen LogP) is 1.73. The van der Waals surface area contributed by atoms with E-state index in [1.165, 1.54) is 19.3 Å². The minimum atomic E-state index is -0.0918. The fourth-order valence-electron chi connectivity index (χ4n) is 4.05. The van der Waals surface area contributed by atoms with Gasteiger partial charge in [-0.3, -0.25) is 9.69 Å². The molecule has 2 aliphatic heterocycles. The molecule has 3 heteroatoms. The number of hydrogen-bond acceptors (Lipinski definition) is 3. The van der Waals surface area contributed by atoms with Crippen molar-refractivity contribution in [2.45, 2.75) is 69.6 Å². The molecule has 2 saturated heterocycles. The zero-order valence-electron chi connectivity index (χ0n) is 10.5. The van der Waals surface area contributed by atoms with E-state index >= 15 is 0 Å². The molecule has 1 saturated carbocycles. The molecule has 2 bridgehead atoms. The summed E-state index contributed by atoms with van der Waals surface area (Å²) in [5.74, 6) is 0.781. The molecular weight excluding hydrogens is 214 g/mol. The first-order valence-corrected chi connectivity index (χ1v) is 7.20. The summed E-state index contributed by atoms with van der Waals surface area (Å²) in [6.45, 7) is 0.973. The molecular formula is C14H23NO2. The van der Waals surface area contributed by atoms with E-state index in [0.29, 0.717) is 23.8 Å². The summed E-state index contributed by atoms with van der Waals surface area (Å²) in [5.41, 5.74) is 0. The summed E-state index contributed by atoms with van der Waals surface area (Å²) in [5, 5.41) is 9.77. The highest BCUT2D eigenvalue weighted by molar-refractivity contribution is 5.81. The molecule has 3 rings (SSSR count). The van der Waals surface area contributed by atoms with Crippen LogP contribution >= 0.6 is 0 Å². The molecule has 1 aliphatic carbocycles. The lowest BCUT2D eigenvalue weighted by atomic mass is 9.86. The molecule has 96 valence electrons. The van der Waals surface area contributed by atoms with Crippen LogP contribution in [0.3, 0.4) is 0 Å². The third kappa shape index (κ3) is 2.27. The zero-order chi connectivity index (χ0) is 11.8. The zero-order valence-corrected chi connectivity index (χ0v) is 10.5. The fraction of sp³-hybridized carbons (Fsp3) is 0.929. The molecule has 2 heterocycles. The van der Waals surface area contributed by atoms with Gasteiger partial charge in [0.15, 0.2) is 0 Å². The summed E-state index contributed by atoms with van der Waals surface area (Å²) >= 11 is 0. The quantitative estimate of drug-likeness (QED) is 0.795. The fourth-order valence-corrected chi connectivity index (χ4v) is 4.05. The van der Waals surface area contributed by atoms with Crippen LogP contribution < -0.4 is 0 Å². The third-order valence-corrected chi connectivity index (χ3v) is 4.97. The Morgan fingerprint density at radius 3 is 2.47 bits per heavy atom. The van der Waals surface area contributed by atoms with Crippen LogP contribution in [-0.2, 0) is 4.79 Å². The van der Waals surface area contributed by atoms with Crippen molar-refractivity contribution in [1.29, 1.82) is 0 Å². The van der Waals surface area contributed by atoms with Crippen molar-refractivity contribution in [1.82, 2.24) is 4.90 Å². The number of aliphatic hydroxyl groups excluding tert-OH is 1. The second-order valence-corrected chi connectivity index (χ2v) is 6.12. The Kier molecular flexibility index (Phi) is 3.22. The van der Waals surface area contributed by atoms with E-state index in [0.717, 1.165) is 38.6 Å². The van der Waals surface area contributed by atoms with Crippen LogP contribution in [0.5, 0.6) is 0 Å². The predicted molar refractivity (Wildman–Crippen MR) is 65.7 cm³/mol. The molecule has 3 nitrogen and oxygen atoms in total. The standard InChI is InChI=1S/C14H23NO2/c16-13-7-11-5-6-12(8-13)15(11)9-10-3-1-2-4-14(10)17/h10-13,16H,1-9H2. The number of hydrogen-bond donors (Lipinski definition) is 1. The van der Waals surface area contributed by atoms with Gasteiger partial charge in [0.05, 0.1) is 6.10 Å². The van der Waals surface area contributed by atoms with Crippen molar-refractivity contribution in [2.24, 2.45) is 5.92 Å². The SMILES string of the molecule is O=C1CCCCC1CN1C2CCC1CC(O)C2. The number of nitrogens with zero attached hydrogens (tertiary/aromatic N) is 1. The van der Waals surface area contributed by atoms with Crippen molar-refractivity contribution in [2.75, 3.05) is 6.54 Å². The Bertz CT molecular complexity index is 291. The van der Waals surface area contributed by atoms with E-state index in [1.807, 2.05) is 0 Å². The van der Waals surface area contributed by atoms with Gasteiger partial charge in [0.1, 0.15) is 5.78 Å². The number of Topliss-reactive ketones (excluding diaryl/α,β-unsaturated/α-hetero) is 1. The van der Waals surface area contributed by atoms with Crippen molar-refractivity contribution < 1.29 is 9.90 Å². The Labute approximate surface area is 103 Å². The maximum atomic E-state index is 11.9. The Morgan fingerprint density at radius 2 is 1.82 bits per heavy atom. The third-order valence-electron chi connectivity index (χ3n) is 4.97. The number of carbonyl (C=O) groups is 1. The van der Waals surface area contributed by atoms with Gasteiger partial charge >= 0.3 is 0 Å². The van der Waals surface area contributed by atoms with Gasteiger partial charge in [0, 0.05) is 31.0 Å². The van der Waals surface area contributed by atoms with Crippen molar-refractivity contribution in [3.8, 4) is 0 Å². The number of ketones is 1. The van der Waals surface area contributed by atoms with Crippen LogP contribution in [0.25, 0.3) is 0 Å². The largest absolute Gasteiger partial charge is 0.393 e. The van der Waals surface area contributed by atoms with Crippen molar-refractivity contribution in [3.63, 3.8) is 0 Å². The lowest BCUT2D eigenvalue weighted by molar-refractivity contribution is -0.125. The van der Waals surface area contributed by atoms with Crippen LogP contribution in [0.4, 0.5) is 0 Å². The van der Waals surface area contributed by atoms with E-state index in [2.05, 4.69) is 4.90 Å². The van der Waals surface area contributed by atoms with E-state index in [-0.39, 0.29) is 6.10 Å². The number of fused-ring (bicyclic) bond motifs is 2. The van der Waals surface area contributed by atoms with E-state index in [4.69, 9.17) is 0 Å². The molecule has 3 atom stereocenters. The lowest BCUT2D eigenvalue weighted by Crippen LogP contribution is -2.48. The van der Waals surface area contributed by atoms with Gasteiger partial charge in [-0.25, -0.2) is 0 Å². The van der Waals surface area contributed by atoms with Crippen molar-refractivity contribution in [3.05, 3.63) is 0 Å². The van der Waals surface area contributed by atoms with Gasteiger partial charge in [0.2, 0.25) is 0 Å². The maximum Gasteiger partial charge on any atom is 0.137 e. The first-order chi connectivity index (χ1) is 8.24. The normalized spacial score (nSPS) is 43.0. The average molecular weight is 237 g/mol. The monoisotopic (exact) mass is 237 g/mol. The molecule has 0 aromatic carbocycles. The Hall–Kier alpha value is -0.410. The van der Waals surface area contributed by atoms with Gasteiger partial charge in [-0.1, -0.05) is 6.42 Å². The van der Waals surface area contributed by atoms with E-state index in [1.54, 1.807) is 0 Å². The molecule has 3 aliphatic rings. The van der Waals surface area contributed by atoms with Gasteiger partial charge in [-0.05, 0) is 38.5 Å². The molecule has 0 radical (unpaired) electrons. The Morgan fingerprint density at radius 1 is 1.12 bits per heavy atom. The minimum Gasteiger partial charge on any atom is -0.393 e. The highest BCUT2D eigenvalue weighted by Gasteiger charge is 2.41. The van der Waals surface area contributed by atoms with Crippen LogP contribution in [0, 0.1) is 5.92 Å². The topological polar surface area (TPSA) is 40.5 Å². The van der Waals surface area contributed by atoms with E-state index < -0.39 is 0 Å². The highest BCUT2D eigenvalue weighted by atomic mass is 16.3. The van der Waals surface area contributed by atoms with Gasteiger partial charge < -0.3 is 5.11 Å². The van der Waals surface area contributed by atoms with Gasteiger partial charge in [-0.2, -0.15) is 0 Å². The summed E-state index contributed by atoms with van der Waals surface area (Å²) in [6, 6.07) is 1.11. The number of carbonyl (C=O) groups excluding carboxylic acids is 1. The summed E-state index contributed by atoms with van der Waals surface area (Å²) in [6.07, 6.45) is 8.43. The smallest absolute Gasteiger partial charge is 0.137 e. The summed E-state index contributed by atoms with van der Waals surface area (Å²) in [7, 11) is 0. The number of aliphatic hydroxyl groups is 1. The van der Waals surface area contributed by atoms with E-state index in [9.17, 15) is 9.90 Å². The lowest BCUT2D eigenvalue weighted by Gasteiger charge is -2.39. The summed E-state index contributed by atoms with van der Waals surface area (Å²) in [4.78, 5) is 14.4. The molecule has 3 fully saturated rings. The minimum absolute atomic E-state index is 0.0918. The maximum absolute atomic E-state index is 11.9. The number of piperidine rings is 1. The molecule has 0 aromatic heterocycles. The van der Waals surface area contributed by atoms with Crippen LogP contribution in [0.15, 0.2) is 0 Å². The molecule has 1 N–H and O–H groups in total. The van der Waals surface area contributed by atoms with Crippen molar-refractivity contribution >= 4 is 5.78 Å². The highest BCUT2D eigenvalue weighted by Crippen LogP contribution is 2.37. The molecule has 0 aromatic rings. The first kappa shape index (κ1) is 11.7. The van der Waals surface area contributed by atoms with Crippen LogP contribution in [0.1, 0.15) is 51.4 Å². The molecule has 0 spiro atoms. The molecule has 17 heavy (non-hydrogen) atoms. The first-order valence-electron chi connectivity index (χ1n) is 7.20. The average Bonchev–Trinajstić information content (AvgIpc) is 2.56. The Balaban J connectivity index is 1.63. The summed E-state index contributed by atoms with van der Waals surface area (Å²) < 4.78 is 0. The van der Waals surface area contributed by atoms with Gasteiger partial charge in [0.25, 0.3) is 0 Å². The van der Waals surface area contributed by atoms with Crippen LogP contribution in [-0.4, -0.2) is 40.5 Å².